The molecule has 2 aliphatic rings. The second-order valence-electron chi connectivity index (χ2n) is 7.76. The van der Waals surface area contributed by atoms with E-state index in [9.17, 15) is 4.79 Å². The highest BCUT2D eigenvalue weighted by atomic mass is 16.1. The molecular formula is C21H21N7O. The third kappa shape index (κ3) is 3.69. The van der Waals surface area contributed by atoms with Crippen LogP contribution < -0.4 is 10.5 Å². The number of H-pyrrole nitrogens is 1. The van der Waals surface area contributed by atoms with E-state index < -0.39 is 0 Å². The standard InChI is InChI=1S/C21H21N7O/c22-11-16-3-4-20(26-25-16)28-7-5-27(6-8-28)13-14-9-19-18(23-12-14)10-17(15-1-2-15)21(29)24-19/h3-4,9-10,12,15H,1-2,5-8,13H2,(H,24,29). The molecule has 8 heteroatoms. The van der Waals surface area contributed by atoms with Gasteiger partial charge in [0.15, 0.2) is 11.5 Å². The van der Waals surface area contributed by atoms with E-state index in [0.29, 0.717) is 11.6 Å². The predicted octanol–water partition coefficient (Wildman–Crippen LogP) is 1.78. The van der Waals surface area contributed by atoms with Gasteiger partial charge in [-0.25, -0.2) is 0 Å². The number of rotatable bonds is 4. The first kappa shape index (κ1) is 17.8. The van der Waals surface area contributed by atoms with Crippen LogP contribution in [0.2, 0.25) is 0 Å². The first-order valence-electron chi connectivity index (χ1n) is 9.92. The highest BCUT2D eigenvalue weighted by molar-refractivity contribution is 5.75. The van der Waals surface area contributed by atoms with E-state index in [-0.39, 0.29) is 5.56 Å². The van der Waals surface area contributed by atoms with Crippen molar-refractivity contribution in [2.75, 3.05) is 31.1 Å². The van der Waals surface area contributed by atoms with Gasteiger partial charge in [0.1, 0.15) is 6.07 Å². The van der Waals surface area contributed by atoms with Gasteiger partial charge in [0.25, 0.3) is 5.56 Å². The lowest BCUT2D eigenvalue weighted by atomic mass is 10.1. The van der Waals surface area contributed by atoms with Crippen LogP contribution in [-0.4, -0.2) is 51.2 Å². The number of aromatic amines is 1. The molecule has 0 radical (unpaired) electrons. The van der Waals surface area contributed by atoms with Crippen LogP contribution >= 0.6 is 0 Å². The maximum Gasteiger partial charge on any atom is 0.252 e. The van der Waals surface area contributed by atoms with Crippen LogP contribution in [0.3, 0.4) is 0 Å². The van der Waals surface area contributed by atoms with Crippen molar-refractivity contribution >= 4 is 16.9 Å². The highest BCUT2D eigenvalue weighted by Crippen LogP contribution is 2.38. The van der Waals surface area contributed by atoms with Crippen molar-refractivity contribution in [2.45, 2.75) is 25.3 Å². The summed E-state index contributed by atoms with van der Waals surface area (Å²) < 4.78 is 0. The van der Waals surface area contributed by atoms with Crippen molar-refractivity contribution in [3.05, 3.63) is 57.6 Å². The van der Waals surface area contributed by atoms with Crippen molar-refractivity contribution in [2.24, 2.45) is 0 Å². The molecule has 4 heterocycles. The number of pyridine rings is 2. The second kappa shape index (κ2) is 7.26. The van der Waals surface area contributed by atoms with Crippen molar-refractivity contribution in [3.8, 4) is 6.07 Å². The van der Waals surface area contributed by atoms with Gasteiger partial charge in [0.2, 0.25) is 0 Å². The average molecular weight is 387 g/mol. The third-order valence-electron chi connectivity index (χ3n) is 5.66. The Morgan fingerprint density at radius 3 is 2.66 bits per heavy atom. The monoisotopic (exact) mass is 387 g/mol. The number of piperazine rings is 1. The fourth-order valence-electron chi connectivity index (χ4n) is 3.87. The van der Waals surface area contributed by atoms with Crippen molar-refractivity contribution in [3.63, 3.8) is 0 Å². The number of aromatic nitrogens is 4. The summed E-state index contributed by atoms with van der Waals surface area (Å²) in [6.07, 6.45) is 4.12. The molecule has 8 nitrogen and oxygen atoms in total. The Hall–Kier alpha value is -3.31. The molecule has 29 heavy (non-hydrogen) atoms. The Labute approximate surface area is 167 Å². The quantitative estimate of drug-likeness (QED) is 0.728. The minimum Gasteiger partial charge on any atom is -0.353 e. The SMILES string of the molecule is N#Cc1ccc(N2CCN(Cc3cnc4cc(C5CC5)c(=O)[nH]c4c3)CC2)nn1. The van der Waals surface area contributed by atoms with E-state index in [1.165, 1.54) is 0 Å². The average Bonchev–Trinajstić information content (AvgIpc) is 3.59. The summed E-state index contributed by atoms with van der Waals surface area (Å²) in [5.41, 5.74) is 4.00. The van der Waals surface area contributed by atoms with Gasteiger partial charge in [-0.3, -0.25) is 14.7 Å². The van der Waals surface area contributed by atoms with Gasteiger partial charge < -0.3 is 9.88 Å². The Morgan fingerprint density at radius 1 is 1.14 bits per heavy atom. The van der Waals surface area contributed by atoms with E-state index in [1.54, 1.807) is 6.07 Å². The molecular weight excluding hydrogens is 366 g/mol. The van der Waals surface area contributed by atoms with Crippen molar-refractivity contribution in [1.82, 2.24) is 25.1 Å². The molecule has 0 spiro atoms. The molecule has 0 atom stereocenters. The zero-order chi connectivity index (χ0) is 19.8. The number of hydrogen-bond donors (Lipinski definition) is 1. The molecule has 146 valence electrons. The van der Waals surface area contributed by atoms with Crippen LogP contribution in [-0.2, 0) is 6.54 Å². The largest absolute Gasteiger partial charge is 0.353 e. The lowest BCUT2D eigenvalue weighted by molar-refractivity contribution is 0.249. The second-order valence-corrected chi connectivity index (χ2v) is 7.76. The normalized spacial score (nSPS) is 17.4. The van der Waals surface area contributed by atoms with E-state index in [2.05, 4.69) is 30.0 Å². The van der Waals surface area contributed by atoms with Crippen LogP contribution in [0.15, 0.2) is 35.3 Å². The molecule has 1 N–H and O–H groups in total. The molecule has 0 amide bonds. The maximum atomic E-state index is 12.3. The minimum absolute atomic E-state index is 0.0242. The molecule has 1 saturated heterocycles. The van der Waals surface area contributed by atoms with Gasteiger partial charge in [-0.15, -0.1) is 10.2 Å². The molecule has 0 aromatic carbocycles. The summed E-state index contributed by atoms with van der Waals surface area (Å²) in [7, 11) is 0. The molecule has 5 rings (SSSR count). The van der Waals surface area contributed by atoms with Gasteiger partial charge in [-0.2, -0.15) is 5.26 Å². The van der Waals surface area contributed by atoms with Crippen LogP contribution in [0.1, 0.15) is 35.6 Å². The summed E-state index contributed by atoms with van der Waals surface area (Å²) in [5.74, 6) is 1.22. The van der Waals surface area contributed by atoms with E-state index in [1.807, 2.05) is 30.5 Å². The summed E-state index contributed by atoms with van der Waals surface area (Å²) >= 11 is 0. The summed E-state index contributed by atoms with van der Waals surface area (Å²) in [6, 6.07) is 9.53. The smallest absolute Gasteiger partial charge is 0.252 e. The molecule has 0 bridgehead atoms. The zero-order valence-corrected chi connectivity index (χ0v) is 16.0. The van der Waals surface area contributed by atoms with Gasteiger partial charge >= 0.3 is 0 Å². The highest BCUT2D eigenvalue weighted by Gasteiger charge is 2.26. The topological polar surface area (TPSA) is 102 Å². The maximum absolute atomic E-state index is 12.3. The minimum atomic E-state index is 0.0242. The number of nitrogens with zero attached hydrogens (tertiary/aromatic N) is 6. The van der Waals surface area contributed by atoms with E-state index in [4.69, 9.17) is 5.26 Å². The first-order chi connectivity index (χ1) is 14.2. The van der Waals surface area contributed by atoms with Crippen LogP contribution in [0, 0.1) is 11.3 Å². The summed E-state index contributed by atoms with van der Waals surface area (Å²) in [4.78, 5) is 24.4. The Bertz CT molecular complexity index is 1140. The number of fused-ring (bicyclic) bond motifs is 1. The molecule has 1 aliphatic carbocycles. The lowest BCUT2D eigenvalue weighted by Crippen LogP contribution is -2.46. The molecule has 1 saturated carbocycles. The van der Waals surface area contributed by atoms with Crippen LogP contribution in [0.4, 0.5) is 5.82 Å². The first-order valence-corrected chi connectivity index (χ1v) is 9.92. The van der Waals surface area contributed by atoms with Gasteiger partial charge in [-0.05, 0) is 48.6 Å². The fraction of sp³-hybridized carbons (Fsp3) is 0.381. The van der Waals surface area contributed by atoms with E-state index >= 15 is 0 Å². The fourth-order valence-corrected chi connectivity index (χ4v) is 3.87. The lowest BCUT2D eigenvalue weighted by Gasteiger charge is -2.35. The van der Waals surface area contributed by atoms with Crippen molar-refractivity contribution in [1.29, 1.82) is 5.26 Å². The van der Waals surface area contributed by atoms with Gasteiger partial charge in [0, 0.05) is 44.5 Å². The molecule has 2 fully saturated rings. The molecule has 3 aromatic rings. The molecule has 1 aliphatic heterocycles. The summed E-state index contributed by atoms with van der Waals surface area (Å²) in [5, 5.41) is 16.9. The third-order valence-corrected chi connectivity index (χ3v) is 5.66. The number of hydrogen-bond acceptors (Lipinski definition) is 7. The Balaban J connectivity index is 1.25. The predicted molar refractivity (Wildman–Crippen MR) is 109 cm³/mol. The Kier molecular flexibility index (Phi) is 4.45. The molecule has 3 aromatic heterocycles. The van der Waals surface area contributed by atoms with Gasteiger partial charge in [-0.1, -0.05) is 0 Å². The number of anilines is 1. The summed E-state index contributed by atoms with van der Waals surface area (Å²) in [6.45, 7) is 4.29. The Morgan fingerprint density at radius 2 is 1.97 bits per heavy atom. The van der Waals surface area contributed by atoms with Crippen molar-refractivity contribution < 1.29 is 0 Å². The van der Waals surface area contributed by atoms with Crippen LogP contribution in [0.25, 0.3) is 11.0 Å². The van der Waals surface area contributed by atoms with Gasteiger partial charge in [0.05, 0.1) is 11.0 Å². The zero-order valence-electron chi connectivity index (χ0n) is 16.0. The number of nitriles is 1. The van der Waals surface area contributed by atoms with Crippen LogP contribution in [0.5, 0.6) is 0 Å². The molecule has 0 unspecified atom stereocenters. The van der Waals surface area contributed by atoms with E-state index in [0.717, 1.165) is 73.5 Å². The number of nitrogens with one attached hydrogen (secondary N) is 1.